The summed E-state index contributed by atoms with van der Waals surface area (Å²) >= 11 is 0. The highest BCUT2D eigenvalue weighted by Crippen LogP contribution is 2.44. The van der Waals surface area contributed by atoms with Crippen molar-refractivity contribution in [2.45, 2.75) is 65.4 Å². The zero-order valence-electron chi connectivity index (χ0n) is 21.1. The highest BCUT2D eigenvalue weighted by atomic mass is 19.1. The number of halogens is 1. The van der Waals surface area contributed by atoms with Gasteiger partial charge in [-0.2, -0.15) is 0 Å². The van der Waals surface area contributed by atoms with E-state index in [9.17, 15) is 14.4 Å². The molecule has 35 heavy (non-hydrogen) atoms. The van der Waals surface area contributed by atoms with E-state index in [-0.39, 0.29) is 24.0 Å². The molecule has 0 radical (unpaired) electrons. The fourth-order valence-corrected chi connectivity index (χ4v) is 4.84. The van der Waals surface area contributed by atoms with E-state index in [0.29, 0.717) is 36.4 Å². The van der Waals surface area contributed by atoms with E-state index in [1.165, 1.54) is 10.6 Å². The Morgan fingerprint density at radius 3 is 2.57 bits per heavy atom. The maximum atomic E-state index is 15.5. The van der Waals surface area contributed by atoms with Gasteiger partial charge in [0, 0.05) is 19.6 Å². The Morgan fingerprint density at radius 2 is 1.94 bits per heavy atom. The van der Waals surface area contributed by atoms with Crippen molar-refractivity contribution >= 4 is 23.3 Å². The SMILES string of the molecule is CCOC(=O)c1cc(C2CC2)c2c(C)c(N3CCC(CNC(=O)OC(C)(C)C)C3)c(F)cn2c1=O. The summed E-state index contributed by atoms with van der Waals surface area (Å²) in [6.45, 7) is 10.8. The van der Waals surface area contributed by atoms with Gasteiger partial charge in [0.2, 0.25) is 0 Å². The lowest BCUT2D eigenvalue weighted by atomic mass is 10.0. The van der Waals surface area contributed by atoms with Gasteiger partial charge in [-0.25, -0.2) is 14.0 Å². The number of carbonyl (C=O) groups is 2. The molecule has 3 heterocycles. The molecule has 9 heteroatoms. The number of ether oxygens (including phenoxy) is 2. The third kappa shape index (κ3) is 5.28. The molecule has 8 nitrogen and oxygen atoms in total. The van der Waals surface area contributed by atoms with Crippen molar-refractivity contribution in [2.24, 2.45) is 5.92 Å². The first-order valence-corrected chi connectivity index (χ1v) is 12.3. The van der Waals surface area contributed by atoms with Crippen LogP contribution in [0.3, 0.4) is 0 Å². The molecule has 190 valence electrons. The van der Waals surface area contributed by atoms with E-state index in [4.69, 9.17) is 9.47 Å². The van der Waals surface area contributed by atoms with Crippen molar-refractivity contribution in [1.82, 2.24) is 9.72 Å². The summed E-state index contributed by atoms with van der Waals surface area (Å²) in [5.41, 5.74) is 1.49. The van der Waals surface area contributed by atoms with Crippen LogP contribution in [0.2, 0.25) is 0 Å². The minimum atomic E-state index is -0.684. The van der Waals surface area contributed by atoms with Gasteiger partial charge in [0.25, 0.3) is 5.56 Å². The maximum absolute atomic E-state index is 15.5. The summed E-state index contributed by atoms with van der Waals surface area (Å²) in [5, 5.41) is 2.81. The Balaban J connectivity index is 1.63. The van der Waals surface area contributed by atoms with Crippen molar-refractivity contribution in [2.75, 3.05) is 31.1 Å². The quantitative estimate of drug-likeness (QED) is 0.616. The van der Waals surface area contributed by atoms with E-state index in [2.05, 4.69) is 5.32 Å². The van der Waals surface area contributed by atoms with Crippen LogP contribution in [-0.4, -0.2) is 48.3 Å². The maximum Gasteiger partial charge on any atom is 0.407 e. The third-order valence-corrected chi connectivity index (χ3v) is 6.49. The monoisotopic (exact) mass is 487 g/mol. The normalized spacial score (nSPS) is 18.1. The number of nitrogens with one attached hydrogen (secondary N) is 1. The zero-order valence-corrected chi connectivity index (χ0v) is 21.1. The lowest BCUT2D eigenvalue weighted by Crippen LogP contribution is -2.36. The van der Waals surface area contributed by atoms with Crippen molar-refractivity contribution in [3.05, 3.63) is 45.1 Å². The zero-order chi connectivity index (χ0) is 25.5. The van der Waals surface area contributed by atoms with Crippen molar-refractivity contribution < 1.29 is 23.5 Å². The number of hydrogen-bond donors (Lipinski definition) is 1. The molecular weight excluding hydrogens is 453 g/mol. The van der Waals surface area contributed by atoms with Crippen LogP contribution < -0.4 is 15.8 Å². The van der Waals surface area contributed by atoms with Gasteiger partial charge in [0.05, 0.1) is 24.0 Å². The second kappa shape index (κ2) is 9.51. The highest BCUT2D eigenvalue weighted by Gasteiger charge is 2.32. The Bertz CT molecular complexity index is 1210. The third-order valence-electron chi connectivity index (χ3n) is 6.49. The minimum Gasteiger partial charge on any atom is -0.462 e. The Kier molecular flexibility index (Phi) is 6.79. The molecule has 0 spiro atoms. The van der Waals surface area contributed by atoms with E-state index in [0.717, 1.165) is 24.8 Å². The molecular formula is C26H34FN3O5. The highest BCUT2D eigenvalue weighted by molar-refractivity contribution is 5.90. The lowest BCUT2D eigenvalue weighted by molar-refractivity contribution is 0.0511. The number of carbonyl (C=O) groups excluding carboxylic acids is 2. The molecule has 1 unspecified atom stereocenters. The van der Waals surface area contributed by atoms with Crippen molar-refractivity contribution in [3.63, 3.8) is 0 Å². The molecule has 2 aromatic rings. The first-order chi connectivity index (χ1) is 16.5. The largest absolute Gasteiger partial charge is 0.462 e. The van der Waals surface area contributed by atoms with Crippen LogP contribution in [-0.2, 0) is 9.47 Å². The molecule has 1 atom stereocenters. The fraction of sp³-hybridized carbons (Fsp3) is 0.577. The van der Waals surface area contributed by atoms with Crippen molar-refractivity contribution in [3.8, 4) is 0 Å². The standard InChI is InChI=1S/C26H34FN3O5/c1-6-34-24(32)19-11-18(17-7-8-17)21-15(2)22(20(27)14-30(21)23(19)31)29-10-9-16(13-29)12-28-25(33)35-26(3,4)5/h11,14,16-17H,6-10,12-13H2,1-5H3,(H,28,33). The predicted octanol–water partition coefficient (Wildman–Crippen LogP) is 4.15. The molecule has 1 aliphatic heterocycles. The second-order valence-electron chi connectivity index (χ2n) is 10.5. The van der Waals surface area contributed by atoms with Crippen molar-refractivity contribution in [1.29, 1.82) is 0 Å². The molecule has 0 bridgehead atoms. The van der Waals surface area contributed by atoms with Crippen LogP contribution in [0.1, 0.15) is 74.4 Å². The molecule has 0 aromatic carbocycles. The number of hydrogen-bond acceptors (Lipinski definition) is 6. The fourth-order valence-electron chi connectivity index (χ4n) is 4.84. The van der Waals surface area contributed by atoms with Gasteiger partial charge in [-0.15, -0.1) is 0 Å². The smallest absolute Gasteiger partial charge is 0.407 e. The summed E-state index contributed by atoms with van der Waals surface area (Å²) in [7, 11) is 0. The summed E-state index contributed by atoms with van der Waals surface area (Å²) in [6, 6.07) is 1.64. The first kappa shape index (κ1) is 25.0. The van der Waals surface area contributed by atoms with Crippen LogP contribution in [0.4, 0.5) is 14.9 Å². The van der Waals surface area contributed by atoms with Gasteiger partial charge >= 0.3 is 12.1 Å². The molecule has 2 fully saturated rings. The Labute approximate surface area is 204 Å². The number of nitrogens with zero attached hydrogens (tertiary/aromatic N) is 2. The van der Waals surface area contributed by atoms with E-state index in [1.807, 2.05) is 32.6 Å². The average Bonchev–Trinajstić information content (AvgIpc) is 3.50. The topological polar surface area (TPSA) is 89.3 Å². The summed E-state index contributed by atoms with van der Waals surface area (Å²) in [5.74, 6) is -0.814. The van der Waals surface area contributed by atoms with Gasteiger partial charge in [0.1, 0.15) is 11.2 Å². The van der Waals surface area contributed by atoms with Gasteiger partial charge in [-0.05, 0) is 82.9 Å². The van der Waals surface area contributed by atoms with Crippen LogP contribution in [0, 0.1) is 18.7 Å². The second-order valence-corrected chi connectivity index (χ2v) is 10.5. The molecule has 1 aliphatic carbocycles. The van der Waals surface area contributed by atoms with Crippen LogP contribution in [0.15, 0.2) is 17.1 Å². The van der Waals surface area contributed by atoms with Crippen LogP contribution >= 0.6 is 0 Å². The van der Waals surface area contributed by atoms with E-state index >= 15 is 4.39 Å². The first-order valence-electron chi connectivity index (χ1n) is 12.3. The summed E-state index contributed by atoms with van der Waals surface area (Å²) in [4.78, 5) is 39.5. The molecule has 2 aliphatic rings. The Hall–Kier alpha value is -3.10. The molecule has 4 rings (SSSR count). The van der Waals surface area contributed by atoms with E-state index < -0.39 is 29.0 Å². The number of aromatic nitrogens is 1. The van der Waals surface area contributed by atoms with Gasteiger partial charge in [-0.3, -0.25) is 9.20 Å². The predicted molar refractivity (Wildman–Crippen MR) is 131 cm³/mol. The number of rotatable bonds is 6. The summed E-state index contributed by atoms with van der Waals surface area (Å²) < 4.78 is 27.1. The molecule has 1 saturated carbocycles. The molecule has 1 amide bonds. The number of pyridine rings is 2. The van der Waals surface area contributed by atoms with Crippen LogP contribution in [0.5, 0.6) is 0 Å². The van der Waals surface area contributed by atoms with E-state index in [1.54, 1.807) is 13.0 Å². The molecule has 1 N–H and O–H groups in total. The molecule has 2 aromatic heterocycles. The lowest BCUT2D eigenvalue weighted by Gasteiger charge is -2.24. The van der Waals surface area contributed by atoms with Gasteiger partial charge < -0.3 is 19.7 Å². The number of aryl methyl sites for hydroxylation is 1. The average molecular weight is 488 g/mol. The van der Waals surface area contributed by atoms with Gasteiger partial charge in [0.15, 0.2) is 5.82 Å². The number of fused-ring (bicyclic) bond motifs is 1. The summed E-state index contributed by atoms with van der Waals surface area (Å²) in [6.07, 6.45) is 3.45. The van der Waals surface area contributed by atoms with Gasteiger partial charge in [-0.1, -0.05) is 0 Å². The Morgan fingerprint density at radius 1 is 1.23 bits per heavy atom. The van der Waals surface area contributed by atoms with Crippen LogP contribution in [0.25, 0.3) is 5.52 Å². The number of anilines is 1. The number of alkyl carbamates (subject to hydrolysis) is 1. The molecule has 1 saturated heterocycles. The minimum absolute atomic E-state index is 0.0627. The number of esters is 1. The number of amides is 1.